The number of fused-ring (bicyclic) bond motifs is 1. The summed E-state index contributed by atoms with van der Waals surface area (Å²) < 4.78 is 40.4. The molecule has 9 heteroatoms. The molecule has 0 aliphatic heterocycles. The lowest BCUT2D eigenvalue weighted by Crippen LogP contribution is -2.19. The topological polar surface area (TPSA) is 72.2 Å². The number of hydrogen-bond donors (Lipinski definition) is 1. The normalized spacial score (nSPS) is 11.7. The number of aromatic nitrogens is 4. The zero-order chi connectivity index (χ0) is 17.5. The summed E-state index contributed by atoms with van der Waals surface area (Å²) in [6, 6.07) is 4.03. The van der Waals surface area contributed by atoms with Crippen LogP contribution in [0.5, 0.6) is 0 Å². The van der Waals surface area contributed by atoms with Crippen LogP contribution in [0.25, 0.3) is 16.8 Å². The van der Waals surface area contributed by atoms with Crippen molar-refractivity contribution in [2.75, 3.05) is 12.4 Å². The number of aryl methyl sites for hydroxylation is 1. The monoisotopic (exact) mass is 335 g/mol. The number of hydrogen-bond acceptors (Lipinski definition) is 5. The first kappa shape index (κ1) is 15.9. The van der Waals surface area contributed by atoms with Crippen LogP contribution in [0.1, 0.15) is 11.4 Å². The summed E-state index contributed by atoms with van der Waals surface area (Å²) in [6.07, 6.45) is -1.91. The molecular formula is C15H12F3N5O. The van der Waals surface area contributed by atoms with E-state index in [1.165, 1.54) is 23.8 Å². The smallest absolute Gasteiger partial charge is 0.358 e. The van der Waals surface area contributed by atoms with Crippen molar-refractivity contribution in [3.63, 3.8) is 0 Å². The van der Waals surface area contributed by atoms with Crippen molar-refractivity contribution in [3.8, 4) is 11.1 Å². The number of pyridine rings is 1. The zero-order valence-electron chi connectivity index (χ0n) is 12.7. The third-order valence-electron chi connectivity index (χ3n) is 3.50. The third-order valence-corrected chi connectivity index (χ3v) is 3.50. The number of nitrogens with one attached hydrogen (secondary N) is 1. The van der Waals surface area contributed by atoms with Gasteiger partial charge < -0.3 is 5.32 Å². The lowest BCUT2D eigenvalue weighted by Gasteiger charge is -2.14. The lowest BCUT2D eigenvalue weighted by atomic mass is 10.1. The van der Waals surface area contributed by atoms with E-state index >= 15 is 0 Å². The number of anilines is 1. The Bertz CT molecular complexity index is 981. The first-order valence-electron chi connectivity index (χ1n) is 6.93. The molecule has 0 saturated carbocycles. The summed E-state index contributed by atoms with van der Waals surface area (Å²) in [5.41, 5.74) is -1.03. The molecule has 24 heavy (non-hydrogen) atoms. The van der Waals surface area contributed by atoms with Crippen molar-refractivity contribution < 1.29 is 13.2 Å². The van der Waals surface area contributed by atoms with Crippen molar-refractivity contribution in [1.29, 1.82) is 0 Å². The maximum atomic E-state index is 13.0. The Labute approximate surface area is 134 Å². The summed E-state index contributed by atoms with van der Waals surface area (Å²) in [5.74, 6) is 0.0986. The fraction of sp³-hybridized carbons (Fsp3) is 0.200. The highest BCUT2D eigenvalue weighted by atomic mass is 19.4. The standard InChI is InChI=1S/C15H12F3N5O/c1-8-9(4-3-6-20-8)11-12-21-10(15(16,17)18)5-7-23(12)14(19-2)22-13(11)24/h3-7H,1-2H3,(H,19,22,24). The van der Waals surface area contributed by atoms with E-state index in [9.17, 15) is 18.0 Å². The fourth-order valence-corrected chi connectivity index (χ4v) is 2.39. The fourth-order valence-electron chi connectivity index (χ4n) is 2.39. The molecule has 0 bridgehead atoms. The Morgan fingerprint density at radius 1 is 1.21 bits per heavy atom. The van der Waals surface area contributed by atoms with Crippen LogP contribution in [0.2, 0.25) is 0 Å². The molecule has 0 aromatic carbocycles. The molecule has 0 aliphatic carbocycles. The molecule has 124 valence electrons. The Morgan fingerprint density at radius 3 is 2.58 bits per heavy atom. The van der Waals surface area contributed by atoms with Gasteiger partial charge in [-0.3, -0.25) is 14.2 Å². The van der Waals surface area contributed by atoms with Crippen molar-refractivity contribution in [2.45, 2.75) is 13.1 Å². The van der Waals surface area contributed by atoms with Crippen LogP contribution in [0, 0.1) is 6.92 Å². The molecule has 0 amide bonds. The minimum atomic E-state index is -4.62. The van der Waals surface area contributed by atoms with Gasteiger partial charge in [0.05, 0.1) is 5.56 Å². The number of halogens is 3. The highest BCUT2D eigenvalue weighted by Crippen LogP contribution is 2.30. The first-order valence-corrected chi connectivity index (χ1v) is 6.93. The van der Waals surface area contributed by atoms with Crippen molar-refractivity contribution in [1.82, 2.24) is 19.4 Å². The second-order valence-corrected chi connectivity index (χ2v) is 5.01. The van der Waals surface area contributed by atoms with Gasteiger partial charge in [0.25, 0.3) is 5.56 Å². The van der Waals surface area contributed by atoms with E-state index < -0.39 is 17.4 Å². The molecule has 0 aliphatic rings. The van der Waals surface area contributed by atoms with Gasteiger partial charge in [-0.15, -0.1) is 0 Å². The maximum Gasteiger partial charge on any atom is 0.433 e. The Morgan fingerprint density at radius 2 is 1.96 bits per heavy atom. The largest absolute Gasteiger partial charge is 0.433 e. The summed E-state index contributed by atoms with van der Waals surface area (Å²) in [6.45, 7) is 1.66. The van der Waals surface area contributed by atoms with Crippen LogP contribution in [0.4, 0.5) is 19.1 Å². The van der Waals surface area contributed by atoms with Gasteiger partial charge in [0.1, 0.15) is 5.69 Å². The second-order valence-electron chi connectivity index (χ2n) is 5.01. The Balaban J connectivity index is 2.46. The summed E-state index contributed by atoms with van der Waals surface area (Å²) in [7, 11) is 1.51. The summed E-state index contributed by atoms with van der Waals surface area (Å²) >= 11 is 0. The van der Waals surface area contributed by atoms with E-state index in [-0.39, 0.29) is 17.2 Å². The Hall–Kier alpha value is -2.97. The number of alkyl halides is 3. The summed E-state index contributed by atoms with van der Waals surface area (Å²) in [5, 5.41) is 2.68. The molecule has 3 heterocycles. The average Bonchev–Trinajstić information content (AvgIpc) is 2.54. The quantitative estimate of drug-likeness (QED) is 0.779. The summed E-state index contributed by atoms with van der Waals surface area (Å²) in [4.78, 5) is 24.0. The molecule has 6 nitrogen and oxygen atoms in total. The van der Waals surface area contributed by atoms with E-state index in [0.29, 0.717) is 11.3 Å². The molecule has 0 atom stereocenters. The van der Waals surface area contributed by atoms with Crippen molar-refractivity contribution in [3.05, 3.63) is 52.3 Å². The van der Waals surface area contributed by atoms with E-state index in [1.807, 2.05) is 0 Å². The van der Waals surface area contributed by atoms with E-state index in [1.54, 1.807) is 19.1 Å². The van der Waals surface area contributed by atoms with Crippen LogP contribution >= 0.6 is 0 Å². The van der Waals surface area contributed by atoms with Gasteiger partial charge in [-0.05, 0) is 19.1 Å². The minimum absolute atomic E-state index is 0.0225. The van der Waals surface area contributed by atoms with Gasteiger partial charge in [-0.2, -0.15) is 18.2 Å². The molecule has 0 spiro atoms. The van der Waals surface area contributed by atoms with Crippen LogP contribution in [0.3, 0.4) is 0 Å². The maximum absolute atomic E-state index is 13.0. The van der Waals surface area contributed by atoms with Gasteiger partial charge in [0, 0.05) is 30.7 Å². The molecule has 0 unspecified atom stereocenters. The lowest BCUT2D eigenvalue weighted by molar-refractivity contribution is -0.141. The number of nitrogens with zero attached hydrogens (tertiary/aromatic N) is 4. The molecular weight excluding hydrogens is 323 g/mol. The van der Waals surface area contributed by atoms with Gasteiger partial charge in [0.2, 0.25) is 5.95 Å². The Kier molecular flexibility index (Phi) is 3.70. The molecule has 3 aromatic rings. The first-order chi connectivity index (χ1) is 11.3. The SMILES string of the molecule is CNc1nc(=O)c(-c2cccnc2C)c2nc(C(F)(F)F)ccn12. The number of rotatable bonds is 2. The molecule has 1 N–H and O–H groups in total. The van der Waals surface area contributed by atoms with E-state index in [4.69, 9.17) is 0 Å². The predicted molar refractivity (Wildman–Crippen MR) is 81.8 cm³/mol. The van der Waals surface area contributed by atoms with Crippen molar-refractivity contribution in [2.24, 2.45) is 0 Å². The van der Waals surface area contributed by atoms with Gasteiger partial charge in [-0.1, -0.05) is 6.07 Å². The highest BCUT2D eigenvalue weighted by Gasteiger charge is 2.33. The van der Waals surface area contributed by atoms with Gasteiger partial charge in [-0.25, -0.2) is 4.98 Å². The van der Waals surface area contributed by atoms with Crippen LogP contribution in [0.15, 0.2) is 35.4 Å². The highest BCUT2D eigenvalue weighted by molar-refractivity contribution is 5.79. The van der Waals surface area contributed by atoms with E-state index in [2.05, 4.69) is 20.3 Å². The molecule has 0 saturated heterocycles. The minimum Gasteiger partial charge on any atom is -0.358 e. The zero-order valence-corrected chi connectivity index (χ0v) is 12.7. The molecule has 3 rings (SSSR count). The van der Waals surface area contributed by atoms with Gasteiger partial charge >= 0.3 is 6.18 Å². The van der Waals surface area contributed by atoms with Crippen LogP contribution in [-0.2, 0) is 6.18 Å². The van der Waals surface area contributed by atoms with Crippen LogP contribution < -0.4 is 10.9 Å². The van der Waals surface area contributed by atoms with Crippen LogP contribution in [-0.4, -0.2) is 26.4 Å². The van der Waals surface area contributed by atoms with Crippen molar-refractivity contribution >= 4 is 11.6 Å². The molecule has 0 radical (unpaired) electrons. The molecule has 3 aromatic heterocycles. The average molecular weight is 335 g/mol. The van der Waals surface area contributed by atoms with Gasteiger partial charge in [0.15, 0.2) is 5.65 Å². The predicted octanol–water partition coefficient (Wildman–Crippen LogP) is 2.52. The third kappa shape index (κ3) is 2.57. The molecule has 0 fully saturated rings. The second kappa shape index (κ2) is 5.59. The van der Waals surface area contributed by atoms with E-state index in [0.717, 1.165) is 6.07 Å².